The van der Waals surface area contributed by atoms with Crippen LogP contribution in [0.3, 0.4) is 0 Å². The topological polar surface area (TPSA) is 86.1 Å². The number of hydrogen-bond acceptors (Lipinski definition) is 5. The van der Waals surface area contributed by atoms with Gasteiger partial charge < -0.3 is 10.1 Å². The van der Waals surface area contributed by atoms with Crippen molar-refractivity contribution in [3.8, 4) is 17.0 Å². The molecule has 1 amide bonds. The van der Waals surface area contributed by atoms with Gasteiger partial charge in [0.15, 0.2) is 0 Å². The summed E-state index contributed by atoms with van der Waals surface area (Å²) in [5.41, 5.74) is 4.35. The molecule has 150 valence electrons. The zero-order chi connectivity index (χ0) is 21.1. The summed E-state index contributed by atoms with van der Waals surface area (Å²) in [6, 6.07) is 10.4. The normalized spacial score (nSPS) is 11.8. The van der Waals surface area contributed by atoms with E-state index in [1.54, 1.807) is 26.2 Å². The van der Waals surface area contributed by atoms with Crippen molar-refractivity contribution in [2.24, 2.45) is 0 Å². The molecule has 2 aromatic carbocycles. The largest absolute Gasteiger partial charge is 0.497 e. The van der Waals surface area contributed by atoms with Crippen LogP contribution < -0.4 is 15.7 Å². The molecule has 7 heteroatoms. The minimum atomic E-state index is -0.811. The molecule has 1 atom stereocenters. The fraction of sp³-hybridized carbons (Fsp3) is 0.273. The standard InChI is InChI=1S/C22H24N4O3/c1-13-9-14(2)20(15(3)10-13)25-21(27)16(4)26-22(28)24-19(12-23-26)17-7-6-8-18(11-17)29-5/h6-12,16H,1-5H3,(H,25,27)/t16-/m1/s1. The van der Waals surface area contributed by atoms with Gasteiger partial charge in [0.2, 0.25) is 5.91 Å². The molecular formula is C22H24N4O3. The Balaban J connectivity index is 1.85. The molecule has 3 aromatic rings. The summed E-state index contributed by atoms with van der Waals surface area (Å²) < 4.78 is 6.28. The van der Waals surface area contributed by atoms with Gasteiger partial charge in [-0.25, -0.2) is 9.48 Å². The van der Waals surface area contributed by atoms with Gasteiger partial charge in [-0.1, -0.05) is 29.8 Å². The minimum Gasteiger partial charge on any atom is -0.497 e. The molecule has 0 unspecified atom stereocenters. The third kappa shape index (κ3) is 4.34. The van der Waals surface area contributed by atoms with E-state index in [2.05, 4.69) is 15.4 Å². The van der Waals surface area contributed by atoms with E-state index < -0.39 is 11.7 Å². The van der Waals surface area contributed by atoms with E-state index in [0.717, 1.165) is 27.1 Å². The van der Waals surface area contributed by atoms with E-state index in [0.29, 0.717) is 17.0 Å². The number of amides is 1. The van der Waals surface area contributed by atoms with Gasteiger partial charge in [-0.2, -0.15) is 10.1 Å². The van der Waals surface area contributed by atoms with Gasteiger partial charge in [-0.05, 0) is 51.0 Å². The highest BCUT2D eigenvalue weighted by molar-refractivity contribution is 5.94. The molecule has 29 heavy (non-hydrogen) atoms. The summed E-state index contributed by atoms with van der Waals surface area (Å²) in [4.78, 5) is 29.3. The second-order valence-electron chi connectivity index (χ2n) is 7.04. The first-order valence-electron chi connectivity index (χ1n) is 9.29. The zero-order valence-electron chi connectivity index (χ0n) is 17.2. The fourth-order valence-electron chi connectivity index (χ4n) is 3.25. The number of nitrogens with zero attached hydrogens (tertiary/aromatic N) is 3. The van der Waals surface area contributed by atoms with Crippen LogP contribution in [0, 0.1) is 20.8 Å². The second-order valence-corrected chi connectivity index (χ2v) is 7.04. The lowest BCUT2D eigenvalue weighted by atomic mass is 10.0. The maximum absolute atomic E-state index is 12.7. The molecule has 3 rings (SSSR count). The Hall–Kier alpha value is -3.48. The maximum atomic E-state index is 12.7. The maximum Gasteiger partial charge on any atom is 0.365 e. The monoisotopic (exact) mass is 392 g/mol. The van der Waals surface area contributed by atoms with E-state index in [-0.39, 0.29) is 5.91 Å². The summed E-state index contributed by atoms with van der Waals surface area (Å²) in [7, 11) is 1.57. The zero-order valence-corrected chi connectivity index (χ0v) is 17.2. The molecule has 0 aliphatic rings. The number of ether oxygens (including phenoxy) is 1. The molecule has 0 saturated carbocycles. The average molecular weight is 392 g/mol. The Morgan fingerprint density at radius 3 is 2.45 bits per heavy atom. The van der Waals surface area contributed by atoms with Crippen molar-refractivity contribution in [1.82, 2.24) is 14.8 Å². The van der Waals surface area contributed by atoms with Crippen LogP contribution in [0.25, 0.3) is 11.3 Å². The number of carbonyl (C=O) groups is 1. The SMILES string of the molecule is COc1cccc(-c2cnn([C@H](C)C(=O)Nc3c(C)cc(C)cc3C)c(=O)n2)c1. The van der Waals surface area contributed by atoms with Crippen LogP contribution >= 0.6 is 0 Å². The number of nitrogens with one attached hydrogen (secondary N) is 1. The van der Waals surface area contributed by atoms with Crippen LogP contribution in [-0.4, -0.2) is 27.8 Å². The van der Waals surface area contributed by atoms with E-state index in [1.165, 1.54) is 6.20 Å². The van der Waals surface area contributed by atoms with E-state index in [9.17, 15) is 9.59 Å². The predicted molar refractivity (Wildman–Crippen MR) is 112 cm³/mol. The number of hydrogen-bond donors (Lipinski definition) is 1. The van der Waals surface area contributed by atoms with Gasteiger partial charge in [-0.15, -0.1) is 0 Å². The molecular weight excluding hydrogens is 368 g/mol. The van der Waals surface area contributed by atoms with Crippen molar-refractivity contribution in [3.05, 3.63) is 69.8 Å². The van der Waals surface area contributed by atoms with Gasteiger partial charge in [-0.3, -0.25) is 4.79 Å². The molecule has 0 saturated heterocycles. The summed E-state index contributed by atoms with van der Waals surface area (Å²) in [5.74, 6) is 0.329. The summed E-state index contributed by atoms with van der Waals surface area (Å²) in [5, 5.41) is 7.08. The molecule has 1 heterocycles. The number of rotatable bonds is 5. The number of aromatic nitrogens is 3. The van der Waals surface area contributed by atoms with Crippen molar-refractivity contribution in [2.45, 2.75) is 33.7 Å². The van der Waals surface area contributed by atoms with Crippen molar-refractivity contribution in [2.75, 3.05) is 12.4 Å². The molecule has 0 fully saturated rings. The molecule has 0 spiro atoms. The third-order valence-corrected chi connectivity index (χ3v) is 4.75. The van der Waals surface area contributed by atoms with Crippen LogP contribution in [0.1, 0.15) is 29.7 Å². The van der Waals surface area contributed by atoms with Crippen LogP contribution in [-0.2, 0) is 4.79 Å². The molecule has 0 bridgehead atoms. The number of carbonyl (C=O) groups excluding carboxylic acids is 1. The first-order valence-corrected chi connectivity index (χ1v) is 9.29. The highest BCUT2D eigenvalue weighted by Crippen LogP contribution is 2.23. The van der Waals surface area contributed by atoms with Crippen molar-refractivity contribution < 1.29 is 9.53 Å². The van der Waals surface area contributed by atoms with E-state index in [4.69, 9.17) is 4.74 Å². The lowest BCUT2D eigenvalue weighted by Gasteiger charge is -2.17. The molecule has 7 nitrogen and oxygen atoms in total. The Morgan fingerprint density at radius 2 is 1.83 bits per heavy atom. The number of aryl methyl sites for hydroxylation is 3. The minimum absolute atomic E-state index is 0.328. The van der Waals surface area contributed by atoms with Gasteiger partial charge in [0, 0.05) is 11.3 Å². The Labute approximate surface area is 169 Å². The van der Waals surface area contributed by atoms with Crippen molar-refractivity contribution >= 4 is 11.6 Å². The smallest absolute Gasteiger partial charge is 0.365 e. The number of anilines is 1. The van der Waals surface area contributed by atoms with Crippen LogP contribution in [0.5, 0.6) is 5.75 Å². The van der Waals surface area contributed by atoms with Crippen LogP contribution in [0.2, 0.25) is 0 Å². The summed E-state index contributed by atoms with van der Waals surface area (Å²) in [6.45, 7) is 7.51. The first kappa shape index (κ1) is 20.3. The fourth-order valence-corrected chi connectivity index (χ4v) is 3.25. The van der Waals surface area contributed by atoms with Gasteiger partial charge in [0.05, 0.1) is 19.0 Å². The van der Waals surface area contributed by atoms with Crippen LogP contribution in [0.15, 0.2) is 47.4 Å². The molecule has 0 radical (unpaired) electrons. The number of methoxy groups -OCH3 is 1. The molecule has 0 aliphatic carbocycles. The first-order chi connectivity index (χ1) is 13.8. The van der Waals surface area contributed by atoms with Gasteiger partial charge >= 0.3 is 5.69 Å². The third-order valence-electron chi connectivity index (χ3n) is 4.75. The molecule has 0 aliphatic heterocycles. The summed E-state index contributed by atoms with van der Waals surface area (Å²) in [6.07, 6.45) is 1.47. The second kappa shape index (κ2) is 8.26. The number of benzene rings is 2. The Morgan fingerprint density at radius 1 is 1.14 bits per heavy atom. The van der Waals surface area contributed by atoms with Gasteiger partial charge in [0.1, 0.15) is 11.8 Å². The predicted octanol–water partition coefficient (Wildman–Crippen LogP) is 3.44. The van der Waals surface area contributed by atoms with Crippen molar-refractivity contribution in [1.29, 1.82) is 0 Å². The highest BCUT2D eigenvalue weighted by Gasteiger charge is 2.20. The average Bonchev–Trinajstić information content (AvgIpc) is 2.70. The quantitative estimate of drug-likeness (QED) is 0.719. The van der Waals surface area contributed by atoms with Gasteiger partial charge in [0.25, 0.3) is 0 Å². The van der Waals surface area contributed by atoms with Crippen LogP contribution in [0.4, 0.5) is 5.69 Å². The molecule has 1 N–H and O–H groups in total. The molecule has 1 aromatic heterocycles. The lowest BCUT2D eigenvalue weighted by Crippen LogP contribution is -2.35. The van der Waals surface area contributed by atoms with Crippen molar-refractivity contribution in [3.63, 3.8) is 0 Å². The summed E-state index contributed by atoms with van der Waals surface area (Å²) >= 11 is 0. The highest BCUT2D eigenvalue weighted by atomic mass is 16.5. The lowest BCUT2D eigenvalue weighted by molar-refractivity contribution is -0.119. The van der Waals surface area contributed by atoms with E-state index >= 15 is 0 Å². The Bertz CT molecular complexity index is 1100. The van der Waals surface area contributed by atoms with E-state index in [1.807, 2.05) is 45.0 Å². The Kier molecular flexibility index (Phi) is 5.77.